The second-order valence-corrected chi connectivity index (χ2v) is 6.11. The van der Waals surface area contributed by atoms with Crippen molar-refractivity contribution in [2.75, 3.05) is 5.32 Å². The summed E-state index contributed by atoms with van der Waals surface area (Å²) in [7, 11) is 1.55. The fourth-order valence-corrected chi connectivity index (χ4v) is 2.85. The van der Waals surface area contributed by atoms with Gasteiger partial charge in [0.1, 0.15) is 18.1 Å². The fraction of sp³-hybridized carbons (Fsp3) is 0.150. The van der Waals surface area contributed by atoms with Crippen LogP contribution in [0.3, 0.4) is 0 Å². The van der Waals surface area contributed by atoms with Crippen LogP contribution in [0.25, 0.3) is 0 Å². The van der Waals surface area contributed by atoms with E-state index in [1.807, 2.05) is 60.7 Å². The average molecular weight is 379 g/mol. The molecule has 3 rings (SSSR count). The van der Waals surface area contributed by atoms with Gasteiger partial charge in [-0.25, -0.2) is 4.79 Å². The highest BCUT2D eigenvalue weighted by atomic mass is 16.6. The maximum atomic E-state index is 12.7. The van der Waals surface area contributed by atoms with Crippen molar-refractivity contribution in [1.82, 2.24) is 9.13 Å². The smallest absolute Gasteiger partial charge is 0.330 e. The van der Waals surface area contributed by atoms with Crippen molar-refractivity contribution in [3.05, 3.63) is 88.0 Å². The van der Waals surface area contributed by atoms with Gasteiger partial charge in [-0.2, -0.15) is 0 Å². The van der Waals surface area contributed by atoms with Crippen LogP contribution in [-0.2, 0) is 29.8 Å². The van der Waals surface area contributed by atoms with E-state index < -0.39 is 0 Å². The number of aromatic nitrogens is 2. The minimum atomic E-state index is -0.329. The quantitative estimate of drug-likeness (QED) is 0.269. The second-order valence-electron chi connectivity index (χ2n) is 6.11. The van der Waals surface area contributed by atoms with Gasteiger partial charge in [-0.05, 0) is 11.1 Å². The Morgan fingerprint density at radius 2 is 1.71 bits per heavy atom. The number of oxime groups is 1. The third-order valence-electron chi connectivity index (χ3n) is 4.21. The summed E-state index contributed by atoms with van der Waals surface area (Å²) in [6, 6.07) is 19.0. The van der Waals surface area contributed by atoms with E-state index in [4.69, 9.17) is 10.6 Å². The summed E-state index contributed by atoms with van der Waals surface area (Å²) in [5, 5.41) is 6.48. The minimum absolute atomic E-state index is 0.00564. The third kappa shape index (κ3) is 4.12. The molecule has 0 atom stereocenters. The number of hydrogen-bond donors (Lipinski definition) is 2. The number of anilines is 1. The molecule has 1 aromatic heterocycles. The molecule has 0 unspecified atom stereocenters. The molecule has 0 radical (unpaired) electrons. The number of rotatable bonds is 8. The van der Waals surface area contributed by atoms with Gasteiger partial charge in [-0.15, -0.1) is 0 Å². The van der Waals surface area contributed by atoms with E-state index in [1.54, 1.807) is 7.05 Å². The highest BCUT2D eigenvalue weighted by molar-refractivity contribution is 6.01. The van der Waals surface area contributed by atoms with E-state index in [2.05, 4.69) is 10.5 Å². The first kappa shape index (κ1) is 19.0. The molecule has 0 saturated carbocycles. The molecule has 8 nitrogen and oxygen atoms in total. The van der Waals surface area contributed by atoms with Crippen molar-refractivity contribution in [3.63, 3.8) is 0 Å². The first-order valence-electron chi connectivity index (χ1n) is 8.65. The lowest BCUT2D eigenvalue weighted by Gasteiger charge is -2.09. The Hall–Kier alpha value is -3.81. The highest BCUT2D eigenvalue weighted by Crippen LogP contribution is 2.15. The molecule has 0 spiro atoms. The zero-order chi connectivity index (χ0) is 19.9. The van der Waals surface area contributed by atoms with E-state index in [1.165, 1.54) is 9.13 Å². The fourth-order valence-electron chi connectivity index (χ4n) is 2.85. The van der Waals surface area contributed by atoms with Crippen molar-refractivity contribution >= 4 is 18.1 Å². The van der Waals surface area contributed by atoms with E-state index in [0.717, 1.165) is 11.1 Å². The van der Waals surface area contributed by atoms with Crippen molar-refractivity contribution in [2.45, 2.75) is 13.2 Å². The first-order valence-corrected chi connectivity index (χ1v) is 8.65. The predicted molar refractivity (Wildman–Crippen MR) is 107 cm³/mol. The molecule has 2 aromatic carbocycles. The number of imidazole rings is 1. The average Bonchev–Trinajstić information content (AvgIpc) is 2.95. The number of nitrogens with two attached hydrogens (primary N) is 1. The van der Waals surface area contributed by atoms with Gasteiger partial charge in [0.15, 0.2) is 5.84 Å². The van der Waals surface area contributed by atoms with Crippen LogP contribution < -0.4 is 16.7 Å². The summed E-state index contributed by atoms with van der Waals surface area (Å²) in [5.41, 5.74) is 7.92. The number of nitrogens with zero attached hydrogens (tertiary/aromatic N) is 3. The zero-order valence-corrected chi connectivity index (χ0v) is 15.4. The topological polar surface area (TPSA) is 104 Å². The van der Waals surface area contributed by atoms with E-state index in [-0.39, 0.29) is 36.2 Å². The largest absolute Gasteiger partial charge is 0.389 e. The normalized spacial score (nSPS) is 11.2. The van der Waals surface area contributed by atoms with Gasteiger partial charge in [0.2, 0.25) is 6.41 Å². The molecule has 144 valence electrons. The molecule has 0 aliphatic heterocycles. The number of carbonyl (C=O) groups excluding carboxylic acids is 1. The van der Waals surface area contributed by atoms with Gasteiger partial charge in [-0.3, -0.25) is 13.9 Å². The summed E-state index contributed by atoms with van der Waals surface area (Å²) < 4.78 is 2.76. The van der Waals surface area contributed by atoms with Crippen LogP contribution in [0.15, 0.2) is 70.6 Å². The molecule has 0 aliphatic rings. The van der Waals surface area contributed by atoms with Crippen LogP contribution in [0.1, 0.15) is 16.8 Å². The maximum Gasteiger partial charge on any atom is 0.330 e. The summed E-state index contributed by atoms with van der Waals surface area (Å²) in [6.45, 7) is 0.506. The summed E-state index contributed by atoms with van der Waals surface area (Å²) in [5.74, 6) is 0.245. The standard InChI is InChI=1S/C20H21N5O3/c1-24-19(22-14-26)17(18(21)23-28-13-16-10-6-3-7-11-16)25(20(24)27)12-15-8-4-2-5-9-15/h2-11,14H,12-13H2,1H3,(H2,21,23)(H,22,26). The van der Waals surface area contributed by atoms with Crippen LogP contribution in [0, 0.1) is 0 Å². The third-order valence-corrected chi connectivity index (χ3v) is 4.21. The molecule has 0 fully saturated rings. The Labute approximate surface area is 161 Å². The Bertz CT molecular complexity index is 1020. The lowest BCUT2D eigenvalue weighted by molar-refractivity contribution is -0.105. The number of amides is 1. The van der Waals surface area contributed by atoms with Gasteiger partial charge in [0, 0.05) is 7.05 Å². The molecule has 3 N–H and O–H groups in total. The molecular weight excluding hydrogens is 358 g/mol. The molecular formula is C20H21N5O3. The van der Waals surface area contributed by atoms with Crippen LogP contribution in [0.4, 0.5) is 5.82 Å². The van der Waals surface area contributed by atoms with Crippen LogP contribution >= 0.6 is 0 Å². The summed E-state index contributed by atoms with van der Waals surface area (Å²) >= 11 is 0. The minimum Gasteiger partial charge on any atom is -0.389 e. The molecule has 1 amide bonds. The number of hydrogen-bond acceptors (Lipinski definition) is 4. The molecule has 0 saturated heterocycles. The zero-order valence-electron chi connectivity index (χ0n) is 15.4. The molecule has 8 heteroatoms. The van der Waals surface area contributed by atoms with E-state index in [9.17, 15) is 9.59 Å². The molecule has 28 heavy (non-hydrogen) atoms. The Morgan fingerprint density at radius 3 is 2.32 bits per heavy atom. The van der Waals surface area contributed by atoms with Gasteiger partial charge < -0.3 is 15.9 Å². The SMILES string of the molecule is Cn1c(NC=O)c(/C(N)=N/OCc2ccccc2)n(Cc2ccccc2)c1=O. The molecule has 0 aliphatic carbocycles. The van der Waals surface area contributed by atoms with Crippen molar-refractivity contribution in [3.8, 4) is 0 Å². The van der Waals surface area contributed by atoms with E-state index >= 15 is 0 Å². The van der Waals surface area contributed by atoms with Crippen LogP contribution in [0.2, 0.25) is 0 Å². The lowest BCUT2D eigenvalue weighted by atomic mass is 10.2. The second kappa shape index (κ2) is 8.72. The van der Waals surface area contributed by atoms with Crippen molar-refractivity contribution < 1.29 is 9.63 Å². The first-order chi connectivity index (χ1) is 13.6. The van der Waals surface area contributed by atoms with Crippen molar-refractivity contribution in [1.29, 1.82) is 0 Å². The summed E-state index contributed by atoms with van der Waals surface area (Å²) in [6.07, 6.45) is 0.489. The van der Waals surface area contributed by atoms with Crippen molar-refractivity contribution in [2.24, 2.45) is 17.9 Å². The Kier molecular flexibility index (Phi) is 5.91. The molecule has 1 heterocycles. The summed E-state index contributed by atoms with van der Waals surface area (Å²) in [4.78, 5) is 29.1. The Balaban J connectivity index is 1.94. The monoisotopic (exact) mass is 379 g/mol. The van der Waals surface area contributed by atoms with Crippen LogP contribution in [-0.4, -0.2) is 21.4 Å². The van der Waals surface area contributed by atoms with Gasteiger partial charge >= 0.3 is 5.69 Å². The number of carbonyl (C=O) groups is 1. The lowest BCUT2D eigenvalue weighted by Crippen LogP contribution is -2.27. The van der Waals surface area contributed by atoms with E-state index in [0.29, 0.717) is 6.41 Å². The van der Waals surface area contributed by atoms with Gasteiger partial charge in [0.25, 0.3) is 0 Å². The number of nitrogens with one attached hydrogen (secondary N) is 1. The maximum absolute atomic E-state index is 12.7. The molecule has 3 aromatic rings. The Morgan fingerprint density at radius 1 is 1.11 bits per heavy atom. The number of benzene rings is 2. The highest BCUT2D eigenvalue weighted by Gasteiger charge is 2.21. The van der Waals surface area contributed by atoms with Crippen LogP contribution in [0.5, 0.6) is 0 Å². The van der Waals surface area contributed by atoms with Gasteiger partial charge in [0.05, 0.1) is 6.54 Å². The predicted octanol–water partition coefficient (Wildman–Crippen LogP) is 1.64. The molecule has 0 bridgehead atoms. The van der Waals surface area contributed by atoms with Gasteiger partial charge in [-0.1, -0.05) is 65.8 Å². The number of amidine groups is 1.